The number of carboxylic acids is 1. The van der Waals surface area contributed by atoms with Gasteiger partial charge in [-0.15, -0.1) is 0 Å². The largest absolute Gasteiger partial charge is 0.478 e. The Hall–Kier alpha value is -2.01. The van der Waals surface area contributed by atoms with Gasteiger partial charge in [0.25, 0.3) is 0 Å². The van der Waals surface area contributed by atoms with Gasteiger partial charge in [-0.2, -0.15) is 0 Å². The summed E-state index contributed by atoms with van der Waals surface area (Å²) in [6.07, 6.45) is 2.90. The lowest BCUT2D eigenvalue weighted by Crippen LogP contribution is -2.26. The van der Waals surface area contributed by atoms with Crippen molar-refractivity contribution in [3.63, 3.8) is 0 Å². The Bertz CT molecular complexity index is 529. The van der Waals surface area contributed by atoms with Crippen LogP contribution < -0.4 is 10.2 Å². The van der Waals surface area contributed by atoms with Gasteiger partial charge in [0.05, 0.1) is 0 Å². The van der Waals surface area contributed by atoms with E-state index in [1.165, 1.54) is 6.08 Å². The van der Waals surface area contributed by atoms with Gasteiger partial charge in [-0.1, -0.05) is 11.6 Å². The molecule has 1 aromatic rings. The van der Waals surface area contributed by atoms with Gasteiger partial charge in [0.1, 0.15) is 0 Å². The lowest BCUT2D eigenvalue weighted by atomic mass is 10.1. The molecule has 1 rings (SSSR count). The maximum atomic E-state index is 11.3. The fraction of sp³-hybridized carbons (Fsp3) is 0.286. The Morgan fingerprint density at radius 3 is 2.75 bits per heavy atom. The van der Waals surface area contributed by atoms with Gasteiger partial charge in [0.15, 0.2) is 0 Å². The van der Waals surface area contributed by atoms with Gasteiger partial charge in [0.2, 0.25) is 5.91 Å². The highest BCUT2D eigenvalue weighted by molar-refractivity contribution is 6.30. The summed E-state index contributed by atoms with van der Waals surface area (Å²) in [6, 6.07) is 5.21. The second-order valence-electron chi connectivity index (χ2n) is 4.22. The van der Waals surface area contributed by atoms with Gasteiger partial charge in [-0.25, -0.2) is 4.79 Å². The van der Waals surface area contributed by atoms with E-state index in [1.807, 2.05) is 11.9 Å². The van der Waals surface area contributed by atoms with E-state index in [-0.39, 0.29) is 5.91 Å². The van der Waals surface area contributed by atoms with Crippen LogP contribution in [0.5, 0.6) is 0 Å². The molecule has 1 amide bonds. The highest BCUT2D eigenvalue weighted by atomic mass is 35.5. The minimum absolute atomic E-state index is 0.0477. The molecule has 5 nitrogen and oxygen atoms in total. The minimum atomic E-state index is -1.02. The molecule has 0 spiro atoms. The number of anilines is 1. The molecule has 0 atom stereocenters. The van der Waals surface area contributed by atoms with Crippen molar-refractivity contribution >= 4 is 35.2 Å². The van der Waals surface area contributed by atoms with Crippen molar-refractivity contribution in [1.82, 2.24) is 5.32 Å². The second-order valence-corrected chi connectivity index (χ2v) is 4.66. The molecule has 2 N–H and O–H groups in total. The smallest absolute Gasteiger partial charge is 0.328 e. The third-order valence-electron chi connectivity index (χ3n) is 2.76. The maximum Gasteiger partial charge on any atom is 0.328 e. The van der Waals surface area contributed by atoms with Crippen LogP contribution in [0.2, 0.25) is 5.02 Å². The molecule has 0 radical (unpaired) electrons. The van der Waals surface area contributed by atoms with E-state index in [4.69, 9.17) is 16.7 Å². The van der Waals surface area contributed by atoms with E-state index < -0.39 is 5.97 Å². The van der Waals surface area contributed by atoms with Crippen LogP contribution in [-0.2, 0) is 9.59 Å². The van der Waals surface area contributed by atoms with Gasteiger partial charge < -0.3 is 15.3 Å². The molecule has 0 aliphatic rings. The first-order chi connectivity index (χ1) is 9.43. The van der Waals surface area contributed by atoms with Crippen molar-refractivity contribution in [2.24, 2.45) is 0 Å². The highest BCUT2D eigenvalue weighted by Gasteiger charge is 2.08. The first kappa shape index (κ1) is 16.0. The molecule has 0 unspecified atom stereocenters. The number of benzene rings is 1. The van der Waals surface area contributed by atoms with E-state index in [2.05, 4.69) is 5.32 Å². The number of hydrogen-bond acceptors (Lipinski definition) is 3. The SMILES string of the molecule is CNC(=O)CCN(C)c1ccc(Cl)cc1/C=C/C(=O)O. The lowest BCUT2D eigenvalue weighted by molar-refractivity contribution is -0.131. The monoisotopic (exact) mass is 296 g/mol. The number of carboxylic acid groups (broad SMARTS) is 1. The molecule has 0 aliphatic carbocycles. The number of halogens is 1. The molecule has 20 heavy (non-hydrogen) atoms. The first-order valence-electron chi connectivity index (χ1n) is 6.06. The molecule has 108 valence electrons. The predicted molar refractivity (Wildman–Crippen MR) is 80.1 cm³/mol. The van der Waals surface area contributed by atoms with E-state index >= 15 is 0 Å². The summed E-state index contributed by atoms with van der Waals surface area (Å²) in [5, 5.41) is 11.8. The first-order valence-corrected chi connectivity index (χ1v) is 6.44. The summed E-state index contributed by atoms with van der Waals surface area (Å²) in [5.41, 5.74) is 1.51. The molecule has 0 aliphatic heterocycles. The summed E-state index contributed by atoms with van der Waals surface area (Å²) in [5.74, 6) is -1.07. The van der Waals surface area contributed by atoms with E-state index in [1.54, 1.807) is 25.2 Å². The van der Waals surface area contributed by atoms with Crippen molar-refractivity contribution in [2.75, 3.05) is 25.5 Å². The van der Waals surface area contributed by atoms with Crippen molar-refractivity contribution < 1.29 is 14.7 Å². The molecule has 0 heterocycles. The Balaban J connectivity index is 2.92. The van der Waals surface area contributed by atoms with Crippen LogP contribution in [0, 0.1) is 0 Å². The molecule has 0 fully saturated rings. The molecule has 0 aromatic heterocycles. The van der Waals surface area contributed by atoms with Crippen LogP contribution in [0.15, 0.2) is 24.3 Å². The number of rotatable bonds is 6. The van der Waals surface area contributed by atoms with Crippen LogP contribution in [0.4, 0.5) is 5.69 Å². The molecular formula is C14H17ClN2O3. The Labute approximate surface area is 122 Å². The average Bonchev–Trinajstić information content (AvgIpc) is 2.42. The Morgan fingerprint density at radius 1 is 1.45 bits per heavy atom. The van der Waals surface area contributed by atoms with Crippen LogP contribution in [0.1, 0.15) is 12.0 Å². The standard InChI is InChI=1S/C14H17ClN2O3/c1-16-13(18)7-8-17(2)12-5-4-11(15)9-10(12)3-6-14(19)20/h3-6,9H,7-8H2,1-2H3,(H,16,18)(H,19,20)/b6-3+. The zero-order chi connectivity index (χ0) is 15.1. The van der Waals surface area contributed by atoms with Gasteiger partial charge in [0, 0.05) is 43.8 Å². The molecule has 0 saturated carbocycles. The Kier molecular flexibility index (Phi) is 6.06. The quantitative estimate of drug-likeness (QED) is 0.788. The molecule has 1 aromatic carbocycles. The molecule has 0 saturated heterocycles. The van der Waals surface area contributed by atoms with Crippen LogP contribution in [-0.4, -0.2) is 37.6 Å². The molecule has 6 heteroatoms. The number of carbonyl (C=O) groups is 2. The maximum absolute atomic E-state index is 11.3. The third-order valence-corrected chi connectivity index (χ3v) is 2.99. The molecule has 0 bridgehead atoms. The lowest BCUT2D eigenvalue weighted by Gasteiger charge is -2.21. The van der Waals surface area contributed by atoms with Crippen LogP contribution >= 0.6 is 11.6 Å². The summed E-state index contributed by atoms with van der Waals surface area (Å²) in [7, 11) is 3.43. The van der Waals surface area contributed by atoms with E-state index in [0.29, 0.717) is 23.6 Å². The second kappa shape index (κ2) is 7.55. The van der Waals surface area contributed by atoms with Crippen molar-refractivity contribution in [3.8, 4) is 0 Å². The minimum Gasteiger partial charge on any atom is -0.478 e. The Morgan fingerprint density at radius 2 is 2.15 bits per heavy atom. The normalized spacial score (nSPS) is 10.6. The molecular weight excluding hydrogens is 280 g/mol. The number of carbonyl (C=O) groups excluding carboxylic acids is 1. The summed E-state index contributed by atoms with van der Waals surface area (Å²) >= 11 is 5.92. The van der Waals surface area contributed by atoms with Crippen molar-refractivity contribution in [1.29, 1.82) is 0 Å². The van der Waals surface area contributed by atoms with Gasteiger partial charge >= 0.3 is 5.97 Å². The summed E-state index contributed by atoms with van der Waals surface area (Å²) < 4.78 is 0. The van der Waals surface area contributed by atoms with Crippen molar-refractivity contribution in [3.05, 3.63) is 34.9 Å². The van der Waals surface area contributed by atoms with Crippen molar-refractivity contribution in [2.45, 2.75) is 6.42 Å². The number of nitrogens with zero attached hydrogens (tertiary/aromatic N) is 1. The fourth-order valence-corrected chi connectivity index (χ4v) is 1.86. The predicted octanol–water partition coefficient (Wildman–Crippen LogP) is 2.01. The van der Waals surface area contributed by atoms with Crippen LogP contribution in [0.25, 0.3) is 6.08 Å². The van der Waals surface area contributed by atoms with Gasteiger partial charge in [-0.3, -0.25) is 4.79 Å². The number of nitrogens with one attached hydrogen (secondary N) is 1. The van der Waals surface area contributed by atoms with E-state index in [0.717, 1.165) is 11.8 Å². The highest BCUT2D eigenvalue weighted by Crippen LogP contribution is 2.25. The zero-order valence-electron chi connectivity index (χ0n) is 11.4. The van der Waals surface area contributed by atoms with Gasteiger partial charge in [-0.05, 0) is 29.8 Å². The summed E-state index contributed by atoms with van der Waals surface area (Å²) in [6.45, 7) is 0.523. The average molecular weight is 297 g/mol. The topological polar surface area (TPSA) is 69.6 Å². The number of aliphatic carboxylic acids is 1. The van der Waals surface area contributed by atoms with E-state index in [9.17, 15) is 9.59 Å². The number of amides is 1. The fourth-order valence-electron chi connectivity index (χ4n) is 1.68. The number of hydrogen-bond donors (Lipinski definition) is 2. The third kappa shape index (κ3) is 4.93. The summed E-state index contributed by atoms with van der Waals surface area (Å²) in [4.78, 5) is 23.7. The van der Waals surface area contributed by atoms with Crippen LogP contribution in [0.3, 0.4) is 0 Å². The zero-order valence-corrected chi connectivity index (χ0v) is 12.1.